The Morgan fingerprint density at radius 2 is 1.75 bits per heavy atom. The zero-order valence-corrected chi connectivity index (χ0v) is 12.9. The van der Waals surface area contributed by atoms with E-state index in [9.17, 15) is 18.0 Å². The van der Waals surface area contributed by atoms with Crippen molar-refractivity contribution in [2.45, 2.75) is 6.18 Å². The van der Waals surface area contributed by atoms with E-state index in [1.54, 1.807) is 17.5 Å². The van der Waals surface area contributed by atoms with Crippen LogP contribution in [0.4, 0.5) is 13.2 Å². The first-order chi connectivity index (χ1) is 11.3. The van der Waals surface area contributed by atoms with Crippen molar-refractivity contribution >= 4 is 17.3 Å². The number of nitrogens with zero attached hydrogens (tertiary/aromatic N) is 1. The van der Waals surface area contributed by atoms with Crippen molar-refractivity contribution in [3.05, 3.63) is 65.0 Å². The van der Waals surface area contributed by atoms with Gasteiger partial charge in [-0.15, -0.1) is 11.3 Å². The molecule has 1 N–H and O–H groups in total. The van der Waals surface area contributed by atoms with Crippen LogP contribution in [0.15, 0.2) is 53.9 Å². The Labute approximate surface area is 139 Å². The van der Waals surface area contributed by atoms with Crippen LogP contribution in [0.1, 0.15) is 15.9 Å². The van der Waals surface area contributed by atoms with E-state index in [1.165, 1.54) is 35.6 Å². The van der Waals surface area contributed by atoms with Crippen LogP contribution in [0.5, 0.6) is 0 Å². The maximum absolute atomic E-state index is 12.6. The normalized spacial score (nSPS) is 11.5. The number of aromatic nitrogens is 1. The van der Waals surface area contributed by atoms with E-state index in [1.807, 2.05) is 0 Å². The Morgan fingerprint density at radius 1 is 1.04 bits per heavy atom. The van der Waals surface area contributed by atoms with Crippen molar-refractivity contribution in [1.82, 2.24) is 4.98 Å². The number of hydrogen-bond donors (Lipinski definition) is 1. The fourth-order valence-corrected chi connectivity index (χ4v) is 2.98. The van der Waals surface area contributed by atoms with Gasteiger partial charge in [-0.2, -0.15) is 13.2 Å². The fraction of sp³-hybridized carbons (Fsp3) is 0.0588. The molecule has 0 aliphatic rings. The number of carboxylic acid groups (broad SMARTS) is 1. The van der Waals surface area contributed by atoms with Crippen LogP contribution in [-0.4, -0.2) is 16.1 Å². The van der Waals surface area contributed by atoms with E-state index in [0.29, 0.717) is 21.8 Å². The predicted molar refractivity (Wildman–Crippen MR) is 84.9 cm³/mol. The van der Waals surface area contributed by atoms with Crippen LogP contribution in [0.25, 0.3) is 21.8 Å². The molecular formula is C17H10F3NO2S. The summed E-state index contributed by atoms with van der Waals surface area (Å²) >= 11 is 1.30. The molecule has 0 saturated carbocycles. The van der Waals surface area contributed by atoms with E-state index in [2.05, 4.69) is 4.98 Å². The Bertz CT molecular complexity index is 885. The maximum atomic E-state index is 12.6. The standard InChI is InChI=1S/C17H10F3NO2S/c18-17(19,20)13-6-4-10(5-7-13)14-9-24-15(21-14)11-2-1-3-12(8-11)16(22)23/h1-9H,(H,22,23). The molecule has 24 heavy (non-hydrogen) atoms. The van der Waals surface area contributed by atoms with Crippen LogP contribution in [0, 0.1) is 0 Å². The van der Waals surface area contributed by atoms with Gasteiger partial charge in [0, 0.05) is 16.5 Å². The predicted octanol–water partition coefficient (Wildman–Crippen LogP) is 5.19. The molecule has 7 heteroatoms. The summed E-state index contributed by atoms with van der Waals surface area (Å²) in [7, 11) is 0. The van der Waals surface area contributed by atoms with Crippen LogP contribution in [0.3, 0.4) is 0 Å². The molecule has 0 atom stereocenters. The number of rotatable bonds is 3. The van der Waals surface area contributed by atoms with Gasteiger partial charge in [0.2, 0.25) is 0 Å². The quantitative estimate of drug-likeness (QED) is 0.707. The molecule has 0 fully saturated rings. The number of benzene rings is 2. The summed E-state index contributed by atoms with van der Waals surface area (Å²) in [4.78, 5) is 15.4. The van der Waals surface area contributed by atoms with Crippen molar-refractivity contribution in [2.24, 2.45) is 0 Å². The highest BCUT2D eigenvalue weighted by molar-refractivity contribution is 7.13. The van der Waals surface area contributed by atoms with E-state index in [4.69, 9.17) is 5.11 Å². The summed E-state index contributed by atoms with van der Waals surface area (Å²) in [5.41, 5.74) is 1.21. The number of carboxylic acids is 1. The first-order valence-corrected chi connectivity index (χ1v) is 7.69. The molecule has 3 rings (SSSR count). The van der Waals surface area contributed by atoms with Gasteiger partial charge >= 0.3 is 12.1 Å². The first kappa shape index (κ1) is 16.2. The van der Waals surface area contributed by atoms with E-state index < -0.39 is 17.7 Å². The van der Waals surface area contributed by atoms with Gasteiger partial charge in [0.25, 0.3) is 0 Å². The topological polar surface area (TPSA) is 50.2 Å². The summed E-state index contributed by atoms with van der Waals surface area (Å²) in [6, 6.07) is 11.1. The third-order valence-corrected chi connectivity index (χ3v) is 4.26. The van der Waals surface area contributed by atoms with Gasteiger partial charge in [0.15, 0.2) is 0 Å². The van der Waals surface area contributed by atoms with Crippen molar-refractivity contribution in [2.75, 3.05) is 0 Å². The zero-order chi connectivity index (χ0) is 17.3. The minimum atomic E-state index is -4.37. The molecule has 122 valence electrons. The molecule has 2 aromatic carbocycles. The van der Waals surface area contributed by atoms with Gasteiger partial charge < -0.3 is 5.11 Å². The molecule has 0 aliphatic heterocycles. The zero-order valence-electron chi connectivity index (χ0n) is 12.0. The Hall–Kier alpha value is -2.67. The molecule has 1 heterocycles. The molecular weight excluding hydrogens is 339 g/mol. The van der Waals surface area contributed by atoms with Crippen LogP contribution < -0.4 is 0 Å². The third-order valence-electron chi connectivity index (χ3n) is 3.37. The van der Waals surface area contributed by atoms with Crippen molar-refractivity contribution in [3.63, 3.8) is 0 Å². The highest BCUT2D eigenvalue weighted by atomic mass is 32.1. The van der Waals surface area contributed by atoms with Gasteiger partial charge in [-0.3, -0.25) is 0 Å². The van der Waals surface area contributed by atoms with Crippen LogP contribution in [0.2, 0.25) is 0 Å². The summed E-state index contributed by atoms with van der Waals surface area (Å²) in [6.07, 6.45) is -4.37. The molecule has 0 spiro atoms. The average molecular weight is 349 g/mol. The highest BCUT2D eigenvalue weighted by Crippen LogP contribution is 2.33. The van der Waals surface area contributed by atoms with E-state index in [0.717, 1.165) is 12.1 Å². The minimum Gasteiger partial charge on any atom is -0.478 e. The molecule has 0 amide bonds. The second-order valence-electron chi connectivity index (χ2n) is 5.00. The second-order valence-corrected chi connectivity index (χ2v) is 5.86. The fourth-order valence-electron chi connectivity index (χ4n) is 2.15. The number of aromatic carboxylic acids is 1. The molecule has 0 bridgehead atoms. The lowest BCUT2D eigenvalue weighted by molar-refractivity contribution is -0.137. The molecule has 0 saturated heterocycles. The summed E-state index contributed by atoms with van der Waals surface area (Å²) in [6.45, 7) is 0. The molecule has 0 unspecified atom stereocenters. The number of thiazole rings is 1. The smallest absolute Gasteiger partial charge is 0.416 e. The number of hydrogen-bond acceptors (Lipinski definition) is 3. The number of alkyl halides is 3. The lowest BCUT2D eigenvalue weighted by Crippen LogP contribution is -2.03. The van der Waals surface area contributed by atoms with Crippen LogP contribution in [-0.2, 0) is 6.18 Å². The molecule has 3 nitrogen and oxygen atoms in total. The van der Waals surface area contributed by atoms with Crippen LogP contribution >= 0.6 is 11.3 Å². The summed E-state index contributed by atoms with van der Waals surface area (Å²) < 4.78 is 37.8. The van der Waals surface area contributed by atoms with E-state index in [-0.39, 0.29) is 5.56 Å². The van der Waals surface area contributed by atoms with Crippen molar-refractivity contribution in [1.29, 1.82) is 0 Å². The van der Waals surface area contributed by atoms with Crippen molar-refractivity contribution < 1.29 is 23.1 Å². The number of halogens is 3. The lowest BCUT2D eigenvalue weighted by atomic mass is 10.1. The highest BCUT2D eigenvalue weighted by Gasteiger charge is 2.30. The van der Waals surface area contributed by atoms with Gasteiger partial charge in [-0.25, -0.2) is 9.78 Å². The average Bonchev–Trinajstić information content (AvgIpc) is 3.04. The monoisotopic (exact) mass is 349 g/mol. The van der Waals surface area contributed by atoms with Crippen molar-refractivity contribution in [3.8, 4) is 21.8 Å². The summed E-state index contributed by atoms with van der Waals surface area (Å²) in [5.74, 6) is -1.03. The Balaban J connectivity index is 1.91. The summed E-state index contributed by atoms with van der Waals surface area (Å²) in [5, 5.41) is 11.4. The second kappa shape index (κ2) is 6.09. The SMILES string of the molecule is O=C(O)c1cccc(-c2nc(-c3ccc(C(F)(F)F)cc3)cs2)c1. The molecule has 3 aromatic rings. The number of carbonyl (C=O) groups is 1. The third kappa shape index (κ3) is 3.30. The molecule has 1 aromatic heterocycles. The first-order valence-electron chi connectivity index (χ1n) is 6.81. The Morgan fingerprint density at radius 3 is 2.38 bits per heavy atom. The molecule has 0 aliphatic carbocycles. The van der Waals surface area contributed by atoms with Gasteiger partial charge in [0.05, 0.1) is 16.8 Å². The Kier molecular flexibility index (Phi) is 4.11. The maximum Gasteiger partial charge on any atom is 0.416 e. The van der Waals surface area contributed by atoms with Gasteiger partial charge in [-0.05, 0) is 24.3 Å². The minimum absolute atomic E-state index is 0.152. The molecule has 0 radical (unpaired) electrons. The van der Waals surface area contributed by atoms with Gasteiger partial charge in [0.1, 0.15) is 5.01 Å². The largest absolute Gasteiger partial charge is 0.478 e. The lowest BCUT2D eigenvalue weighted by Gasteiger charge is -2.06. The van der Waals surface area contributed by atoms with Gasteiger partial charge in [-0.1, -0.05) is 24.3 Å². The van der Waals surface area contributed by atoms with E-state index >= 15 is 0 Å².